The van der Waals surface area contributed by atoms with Gasteiger partial charge in [-0.3, -0.25) is 4.79 Å². The smallest absolute Gasteiger partial charge is 0.254 e. The van der Waals surface area contributed by atoms with Gasteiger partial charge in [-0.25, -0.2) is 0 Å². The molecule has 0 bridgehead atoms. The molecule has 1 heterocycles. The highest BCUT2D eigenvalue weighted by Gasteiger charge is 2.31. The predicted octanol–water partition coefficient (Wildman–Crippen LogP) is 2.68. The number of nitrogens with zero attached hydrogens (tertiary/aromatic N) is 1. The summed E-state index contributed by atoms with van der Waals surface area (Å²) >= 11 is 0. The van der Waals surface area contributed by atoms with Crippen LogP contribution in [0.1, 0.15) is 29.8 Å². The van der Waals surface area contributed by atoms with E-state index in [0.29, 0.717) is 43.2 Å². The van der Waals surface area contributed by atoms with Crippen molar-refractivity contribution in [3.63, 3.8) is 0 Å². The zero-order valence-corrected chi connectivity index (χ0v) is 14.3. The Kier molecular flexibility index (Phi) is 5.31. The Hall–Kier alpha value is -2.01. The van der Waals surface area contributed by atoms with Gasteiger partial charge in [0, 0.05) is 24.2 Å². The SMILES string of the molecule is C=CCc1cc(C(=O)N2CCOC(C)(C)C2)cc(OC)c1OC. The van der Waals surface area contributed by atoms with E-state index in [0.717, 1.165) is 5.56 Å². The number of methoxy groups -OCH3 is 2. The van der Waals surface area contributed by atoms with E-state index in [1.807, 2.05) is 24.8 Å². The zero-order valence-electron chi connectivity index (χ0n) is 14.3. The average Bonchev–Trinajstić information content (AvgIpc) is 2.52. The third-order valence-electron chi connectivity index (χ3n) is 3.88. The van der Waals surface area contributed by atoms with Crippen LogP contribution in [0.15, 0.2) is 24.8 Å². The summed E-state index contributed by atoms with van der Waals surface area (Å²) in [5.41, 5.74) is 1.16. The highest BCUT2D eigenvalue weighted by atomic mass is 16.5. The minimum Gasteiger partial charge on any atom is -0.493 e. The number of carbonyl (C=O) groups is 1. The molecule has 0 atom stereocenters. The molecule has 1 aliphatic rings. The number of carbonyl (C=O) groups excluding carboxylic acids is 1. The van der Waals surface area contributed by atoms with E-state index in [-0.39, 0.29) is 11.5 Å². The lowest BCUT2D eigenvalue weighted by Crippen LogP contribution is -2.50. The molecule has 1 aromatic carbocycles. The van der Waals surface area contributed by atoms with E-state index in [2.05, 4.69) is 6.58 Å². The normalized spacial score (nSPS) is 16.8. The quantitative estimate of drug-likeness (QED) is 0.783. The van der Waals surface area contributed by atoms with Crippen molar-refractivity contribution in [1.82, 2.24) is 4.90 Å². The van der Waals surface area contributed by atoms with Gasteiger partial charge in [0.15, 0.2) is 11.5 Å². The van der Waals surface area contributed by atoms with Gasteiger partial charge in [-0.1, -0.05) is 6.08 Å². The maximum absolute atomic E-state index is 12.9. The fourth-order valence-electron chi connectivity index (χ4n) is 2.85. The second-order valence-corrected chi connectivity index (χ2v) is 6.20. The Morgan fingerprint density at radius 2 is 2.13 bits per heavy atom. The number of benzene rings is 1. The summed E-state index contributed by atoms with van der Waals surface area (Å²) in [4.78, 5) is 14.7. The molecule has 0 saturated carbocycles. The minimum absolute atomic E-state index is 0.0207. The molecule has 1 amide bonds. The molecule has 1 aromatic rings. The fraction of sp³-hybridized carbons (Fsp3) is 0.500. The molecule has 23 heavy (non-hydrogen) atoms. The molecule has 0 aromatic heterocycles. The van der Waals surface area contributed by atoms with Gasteiger partial charge in [-0.2, -0.15) is 0 Å². The van der Waals surface area contributed by atoms with E-state index >= 15 is 0 Å². The van der Waals surface area contributed by atoms with Crippen molar-refractivity contribution in [1.29, 1.82) is 0 Å². The van der Waals surface area contributed by atoms with Gasteiger partial charge in [-0.05, 0) is 32.4 Å². The van der Waals surface area contributed by atoms with Crippen LogP contribution in [0.3, 0.4) is 0 Å². The molecule has 126 valence electrons. The lowest BCUT2D eigenvalue weighted by Gasteiger charge is -2.38. The van der Waals surface area contributed by atoms with Gasteiger partial charge in [0.25, 0.3) is 5.91 Å². The van der Waals surface area contributed by atoms with Crippen molar-refractivity contribution in [3.8, 4) is 11.5 Å². The number of morpholine rings is 1. The van der Waals surface area contributed by atoms with Crippen molar-refractivity contribution in [3.05, 3.63) is 35.9 Å². The van der Waals surface area contributed by atoms with Crippen molar-refractivity contribution in [2.45, 2.75) is 25.9 Å². The molecule has 1 fully saturated rings. The second-order valence-electron chi connectivity index (χ2n) is 6.20. The summed E-state index contributed by atoms with van der Waals surface area (Å²) in [5, 5.41) is 0. The van der Waals surface area contributed by atoms with Crippen LogP contribution >= 0.6 is 0 Å². The molecule has 0 aliphatic carbocycles. The maximum atomic E-state index is 12.9. The summed E-state index contributed by atoms with van der Waals surface area (Å²) in [6.07, 6.45) is 2.39. The monoisotopic (exact) mass is 319 g/mol. The third-order valence-corrected chi connectivity index (χ3v) is 3.88. The van der Waals surface area contributed by atoms with Crippen LogP contribution in [0.4, 0.5) is 0 Å². The molecule has 5 heteroatoms. The van der Waals surface area contributed by atoms with Crippen LogP contribution in [0, 0.1) is 0 Å². The van der Waals surface area contributed by atoms with E-state index in [9.17, 15) is 4.79 Å². The second kappa shape index (κ2) is 7.04. The number of hydrogen-bond acceptors (Lipinski definition) is 4. The Bertz CT molecular complexity index is 595. The molecule has 0 unspecified atom stereocenters. The van der Waals surface area contributed by atoms with Crippen LogP contribution in [-0.4, -0.2) is 50.3 Å². The lowest BCUT2D eigenvalue weighted by atomic mass is 10.0. The van der Waals surface area contributed by atoms with E-state index < -0.39 is 0 Å². The molecular formula is C18H25NO4. The maximum Gasteiger partial charge on any atom is 0.254 e. The van der Waals surface area contributed by atoms with Gasteiger partial charge in [0.2, 0.25) is 0 Å². The van der Waals surface area contributed by atoms with Crippen LogP contribution in [0.5, 0.6) is 11.5 Å². The Balaban J connectivity index is 2.36. The van der Waals surface area contributed by atoms with Gasteiger partial charge >= 0.3 is 0 Å². The molecule has 5 nitrogen and oxygen atoms in total. The largest absolute Gasteiger partial charge is 0.493 e. The molecule has 1 aliphatic heterocycles. The summed E-state index contributed by atoms with van der Waals surface area (Å²) < 4.78 is 16.5. The molecule has 0 N–H and O–H groups in total. The van der Waals surface area contributed by atoms with E-state index in [1.165, 1.54) is 0 Å². The Morgan fingerprint density at radius 1 is 1.39 bits per heavy atom. The summed E-state index contributed by atoms with van der Waals surface area (Å²) in [6, 6.07) is 3.59. The topological polar surface area (TPSA) is 48.0 Å². The van der Waals surface area contributed by atoms with Crippen molar-refractivity contribution in [2.75, 3.05) is 33.9 Å². The van der Waals surface area contributed by atoms with E-state index in [4.69, 9.17) is 14.2 Å². The number of amides is 1. The number of hydrogen-bond donors (Lipinski definition) is 0. The van der Waals surface area contributed by atoms with Crippen molar-refractivity contribution in [2.24, 2.45) is 0 Å². The van der Waals surface area contributed by atoms with Crippen LogP contribution in [-0.2, 0) is 11.2 Å². The highest BCUT2D eigenvalue weighted by Crippen LogP contribution is 2.34. The zero-order chi connectivity index (χ0) is 17.0. The first-order chi connectivity index (χ1) is 10.9. The average molecular weight is 319 g/mol. The summed E-state index contributed by atoms with van der Waals surface area (Å²) in [5.74, 6) is 1.18. The molecule has 0 radical (unpaired) electrons. The molecule has 2 rings (SSSR count). The lowest BCUT2D eigenvalue weighted by molar-refractivity contribution is -0.0764. The summed E-state index contributed by atoms with van der Waals surface area (Å²) in [6.45, 7) is 9.45. The van der Waals surface area contributed by atoms with Crippen LogP contribution in [0.25, 0.3) is 0 Å². The van der Waals surface area contributed by atoms with Gasteiger partial charge in [0.05, 0.1) is 26.4 Å². The predicted molar refractivity (Wildman–Crippen MR) is 89.4 cm³/mol. The highest BCUT2D eigenvalue weighted by molar-refractivity contribution is 5.95. The van der Waals surface area contributed by atoms with Crippen LogP contribution in [0.2, 0.25) is 0 Å². The first-order valence-electron chi connectivity index (χ1n) is 7.71. The van der Waals surface area contributed by atoms with Crippen molar-refractivity contribution < 1.29 is 19.0 Å². The van der Waals surface area contributed by atoms with Gasteiger partial charge in [-0.15, -0.1) is 6.58 Å². The van der Waals surface area contributed by atoms with Crippen LogP contribution < -0.4 is 9.47 Å². The Labute approximate surface area is 137 Å². The molecule has 0 spiro atoms. The number of allylic oxidation sites excluding steroid dienone is 1. The first kappa shape index (κ1) is 17.3. The summed E-state index contributed by atoms with van der Waals surface area (Å²) in [7, 11) is 3.16. The minimum atomic E-state index is -0.325. The standard InChI is InChI=1S/C18H25NO4/c1-6-7-13-10-14(11-15(21-4)16(13)22-5)17(20)19-8-9-23-18(2,3)12-19/h6,10-11H,1,7-9,12H2,2-5H3. The van der Waals surface area contributed by atoms with Gasteiger partial charge < -0.3 is 19.1 Å². The Morgan fingerprint density at radius 3 is 2.70 bits per heavy atom. The molecular weight excluding hydrogens is 294 g/mol. The third kappa shape index (κ3) is 3.85. The van der Waals surface area contributed by atoms with Crippen molar-refractivity contribution >= 4 is 5.91 Å². The van der Waals surface area contributed by atoms with E-state index in [1.54, 1.807) is 26.4 Å². The first-order valence-corrected chi connectivity index (χ1v) is 7.71. The fourth-order valence-corrected chi connectivity index (χ4v) is 2.85. The number of ether oxygens (including phenoxy) is 3. The molecule has 1 saturated heterocycles. The number of rotatable bonds is 5. The van der Waals surface area contributed by atoms with Gasteiger partial charge in [0.1, 0.15) is 0 Å².